The number of rotatable bonds is 6. The molecular weight excluding hydrogens is 322 g/mol. The van der Waals surface area contributed by atoms with E-state index >= 15 is 0 Å². The lowest BCUT2D eigenvalue weighted by molar-refractivity contribution is -0.128. The molecule has 2 unspecified atom stereocenters. The van der Waals surface area contributed by atoms with Crippen molar-refractivity contribution >= 4 is 17.5 Å². The van der Waals surface area contributed by atoms with E-state index in [1.165, 1.54) is 11.1 Å². The smallest absolute Gasteiger partial charge is 0.261 e. The number of nitrogens with one attached hydrogen (secondary N) is 1. The Morgan fingerprint density at radius 2 is 1.92 bits per heavy atom. The van der Waals surface area contributed by atoms with E-state index in [9.17, 15) is 4.79 Å². The predicted molar refractivity (Wildman–Crippen MR) is 98.6 cm³/mol. The van der Waals surface area contributed by atoms with E-state index < -0.39 is 6.10 Å². The molecule has 0 heterocycles. The summed E-state index contributed by atoms with van der Waals surface area (Å²) < 4.78 is 5.79. The quantitative estimate of drug-likeness (QED) is 0.800. The molecule has 0 radical (unpaired) electrons. The minimum Gasteiger partial charge on any atom is -0.481 e. The van der Waals surface area contributed by atoms with Crippen LogP contribution in [0.15, 0.2) is 42.5 Å². The molecule has 128 valence electrons. The van der Waals surface area contributed by atoms with Crippen LogP contribution in [0.3, 0.4) is 0 Å². The van der Waals surface area contributed by atoms with Crippen LogP contribution in [0.4, 0.5) is 0 Å². The van der Waals surface area contributed by atoms with Gasteiger partial charge in [0.15, 0.2) is 6.10 Å². The summed E-state index contributed by atoms with van der Waals surface area (Å²) in [4.78, 5) is 12.5. The second kappa shape index (κ2) is 8.20. The predicted octanol–water partition coefficient (Wildman–Crippen LogP) is 4.99. The highest BCUT2D eigenvalue weighted by atomic mass is 35.5. The summed E-state index contributed by atoms with van der Waals surface area (Å²) in [6.07, 6.45) is 0.0373. The minimum atomic E-state index is -0.544. The molecule has 0 aliphatic heterocycles. The maximum atomic E-state index is 12.5. The van der Waals surface area contributed by atoms with E-state index in [2.05, 4.69) is 31.3 Å². The number of aryl methyl sites for hydroxylation is 2. The molecular formula is C20H24ClNO2. The minimum absolute atomic E-state index is 0.0752. The van der Waals surface area contributed by atoms with Gasteiger partial charge in [-0.2, -0.15) is 0 Å². The molecule has 0 saturated carbocycles. The van der Waals surface area contributed by atoms with Gasteiger partial charge in [0.2, 0.25) is 0 Å². The van der Waals surface area contributed by atoms with Crippen molar-refractivity contribution in [3.63, 3.8) is 0 Å². The van der Waals surface area contributed by atoms with Crippen molar-refractivity contribution < 1.29 is 9.53 Å². The van der Waals surface area contributed by atoms with Crippen molar-refractivity contribution in [2.45, 2.75) is 46.3 Å². The van der Waals surface area contributed by atoms with Gasteiger partial charge in [0, 0.05) is 5.02 Å². The van der Waals surface area contributed by atoms with E-state index in [-0.39, 0.29) is 11.9 Å². The van der Waals surface area contributed by atoms with Gasteiger partial charge < -0.3 is 10.1 Å². The topological polar surface area (TPSA) is 38.3 Å². The number of carbonyl (C=O) groups is 1. The highest BCUT2D eigenvalue weighted by Gasteiger charge is 2.21. The summed E-state index contributed by atoms with van der Waals surface area (Å²) in [5.41, 5.74) is 3.55. The van der Waals surface area contributed by atoms with Crippen LogP contribution in [-0.4, -0.2) is 12.0 Å². The molecule has 2 aromatic carbocycles. The van der Waals surface area contributed by atoms with Gasteiger partial charge in [0.1, 0.15) is 5.75 Å². The van der Waals surface area contributed by atoms with Crippen molar-refractivity contribution in [3.05, 3.63) is 64.2 Å². The molecule has 4 heteroatoms. The van der Waals surface area contributed by atoms with Crippen LogP contribution in [0.25, 0.3) is 0 Å². The molecule has 0 bridgehead atoms. The molecule has 1 N–H and O–H groups in total. The number of hydrogen-bond acceptors (Lipinski definition) is 2. The normalized spacial score (nSPS) is 13.2. The zero-order chi connectivity index (χ0) is 17.7. The number of amides is 1. The van der Waals surface area contributed by atoms with Crippen molar-refractivity contribution in [1.29, 1.82) is 0 Å². The SMILES string of the molecule is CCC(Oc1cccc(Cl)c1)C(=O)NC(C)c1ccc(C)c(C)c1. The molecule has 24 heavy (non-hydrogen) atoms. The molecule has 0 saturated heterocycles. The zero-order valence-electron chi connectivity index (χ0n) is 14.6. The van der Waals surface area contributed by atoms with Crippen LogP contribution in [0, 0.1) is 13.8 Å². The Morgan fingerprint density at radius 1 is 1.17 bits per heavy atom. The Labute approximate surface area is 149 Å². The molecule has 0 aliphatic rings. The van der Waals surface area contributed by atoms with Crippen LogP contribution < -0.4 is 10.1 Å². The molecule has 2 aromatic rings. The van der Waals surface area contributed by atoms with E-state index in [1.54, 1.807) is 24.3 Å². The van der Waals surface area contributed by atoms with Gasteiger partial charge in [-0.3, -0.25) is 4.79 Å². The first-order chi connectivity index (χ1) is 11.4. The maximum absolute atomic E-state index is 12.5. The summed E-state index contributed by atoms with van der Waals surface area (Å²) in [6.45, 7) is 8.06. The van der Waals surface area contributed by atoms with Crippen molar-refractivity contribution in [3.8, 4) is 5.75 Å². The molecule has 0 fully saturated rings. The first-order valence-electron chi connectivity index (χ1n) is 8.20. The Morgan fingerprint density at radius 3 is 2.54 bits per heavy atom. The van der Waals surface area contributed by atoms with Gasteiger partial charge in [-0.1, -0.05) is 42.8 Å². The van der Waals surface area contributed by atoms with Crippen molar-refractivity contribution in [1.82, 2.24) is 5.32 Å². The maximum Gasteiger partial charge on any atom is 0.261 e. The number of ether oxygens (including phenoxy) is 1. The average molecular weight is 346 g/mol. The summed E-state index contributed by atoms with van der Waals surface area (Å²) in [5.74, 6) is 0.478. The first-order valence-corrected chi connectivity index (χ1v) is 8.58. The van der Waals surface area contributed by atoms with Crippen molar-refractivity contribution in [2.75, 3.05) is 0 Å². The van der Waals surface area contributed by atoms with Gasteiger partial charge >= 0.3 is 0 Å². The first kappa shape index (κ1) is 18.3. The van der Waals surface area contributed by atoms with Crippen LogP contribution in [0.1, 0.15) is 43.0 Å². The molecule has 2 atom stereocenters. The number of halogens is 1. The largest absolute Gasteiger partial charge is 0.481 e. The van der Waals surface area contributed by atoms with Gasteiger partial charge in [-0.05, 0) is 62.1 Å². The molecule has 3 nitrogen and oxygen atoms in total. The van der Waals surface area contributed by atoms with E-state index in [0.29, 0.717) is 17.2 Å². The number of hydrogen-bond donors (Lipinski definition) is 1. The standard InChI is InChI=1S/C20H24ClNO2/c1-5-19(24-18-8-6-7-17(21)12-18)20(23)22-15(4)16-10-9-13(2)14(3)11-16/h6-12,15,19H,5H2,1-4H3,(H,22,23). The molecule has 1 amide bonds. The highest BCUT2D eigenvalue weighted by Crippen LogP contribution is 2.20. The van der Waals surface area contributed by atoms with Gasteiger partial charge in [0.25, 0.3) is 5.91 Å². The fraction of sp³-hybridized carbons (Fsp3) is 0.350. The summed E-state index contributed by atoms with van der Waals surface area (Å²) >= 11 is 5.96. The Bertz CT molecular complexity index is 715. The molecule has 0 aliphatic carbocycles. The van der Waals surface area contributed by atoms with Crippen LogP contribution in [0.2, 0.25) is 5.02 Å². The second-order valence-electron chi connectivity index (χ2n) is 6.05. The second-order valence-corrected chi connectivity index (χ2v) is 6.48. The summed E-state index contributed by atoms with van der Waals surface area (Å²) in [5, 5.41) is 3.62. The average Bonchev–Trinajstić information content (AvgIpc) is 2.55. The van der Waals surface area contributed by atoms with E-state index in [4.69, 9.17) is 16.3 Å². The lowest BCUT2D eigenvalue weighted by Gasteiger charge is -2.21. The Kier molecular flexibility index (Phi) is 6.27. The fourth-order valence-electron chi connectivity index (χ4n) is 2.45. The molecule has 0 spiro atoms. The molecule has 0 aromatic heterocycles. The lowest BCUT2D eigenvalue weighted by atomic mass is 10.0. The fourth-order valence-corrected chi connectivity index (χ4v) is 2.63. The zero-order valence-corrected chi connectivity index (χ0v) is 15.4. The number of carbonyl (C=O) groups excluding carboxylic acids is 1. The third-order valence-corrected chi connectivity index (χ3v) is 4.36. The lowest BCUT2D eigenvalue weighted by Crippen LogP contribution is -2.39. The summed E-state index contributed by atoms with van der Waals surface area (Å²) in [7, 11) is 0. The van der Waals surface area contributed by atoms with Crippen molar-refractivity contribution in [2.24, 2.45) is 0 Å². The van der Waals surface area contributed by atoms with Gasteiger partial charge in [-0.25, -0.2) is 0 Å². The Balaban J connectivity index is 2.04. The summed E-state index contributed by atoms with van der Waals surface area (Å²) in [6, 6.07) is 13.3. The van der Waals surface area contributed by atoms with Gasteiger partial charge in [-0.15, -0.1) is 0 Å². The van der Waals surface area contributed by atoms with Crippen LogP contribution in [0.5, 0.6) is 5.75 Å². The van der Waals surface area contributed by atoms with Crippen LogP contribution in [-0.2, 0) is 4.79 Å². The monoisotopic (exact) mass is 345 g/mol. The highest BCUT2D eigenvalue weighted by molar-refractivity contribution is 6.30. The van der Waals surface area contributed by atoms with Crippen LogP contribution >= 0.6 is 11.6 Å². The van der Waals surface area contributed by atoms with E-state index in [1.807, 2.05) is 19.9 Å². The Hall–Kier alpha value is -2.00. The third kappa shape index (κ3) is 4.75. The van der Waals surface area contributed by atoms with E-state index in [0.717, 1.165) is 5.56 Å². The third-order valence-electron chi connectivity index (χ3n) is 4.13. The number of benzene rings is 2. The van der Waals surface area contributed by atoms with Gasteiger partial charge in [0.05, 0.1) is 6.04 Å². The molecule has 2 rings (SSSR count).